The summed E-state index contributed by atoms with van der Waals surface area (Å²) in [6.45, 7) is 9.46. The van der Waals surface area contributed by atoms with Gasteiger partial charge in [0.2, 0.25) is 0 Å². The SMILES string of the molecule is Cc1cc(C)c(C)c(OC(C)CNC2CC2)c1. The van der Waals surface area contributed by atoms with Crippen LogP contribution in [0.1, 0.15) is 36.5 Å². The van der Waals surface area contributed by atoms with Crippen molar-refractivity contribution >= 4 is 0 Å². The lowest BCUT2D eigenvalue weighted by Gasteiger charge is -2.18. The Bertz CT molecular complexity index is 396. The Kier molecular flexibility index (Phi) is 3.72. The molecule has 0 aliphatic heterocycles. The molecule has 1 unspecified atom stereocenters. The Hall–Kier alpha value is -1.02. The second-order valence-corrected chi connectivity index (χ2v) is 5.32. The zero-order chi connectivity index (χ0) is 12.4. The van der Waals surface area contributed by atoms with Gasteiger partial charge in [-0.2, -0.15) is 0 Å². The minimum Gasteiger partial charge on any atom is -0.489 e. The maximum atomic E-state index is 6.02. The molecule has 17 heavy (non-hydrogen) atoms. The summed E-state index contributed by atoms with van der Waals surface area (Å²) in [6.07, 6.45) is 2.89. The Morgan fingerprint density at radius 2 is 2.00 bits per heavy atom. The zero-order valence-corrected chi connectivity index (χ0v) is 11.3. The highest BCUT2D eigenvalue weighted by Gasteiger charge is 2.21. The van der Waals surface area contributed by atoms with Gasteiger partial charge in [-0.05, 0) is 63.3 Å². The highest BCUT2D eigenvalue weighted by Crippen LogP contribution is 2.24. The molecule has 1 N–H and O–H groups in total. The van der Waals surface area contributed by atoms with E-state index in [1.54, 1.807) is 0 Å². The van der Waals surface area contributed by atoms with E-state index < -0.39 is 0 Å². The molecule has 0 radical (unpaired) electrons. The molecular formula is C15H23NO. The van der Waals surface area contributed by atoms with Crippen LogP contribution in [0.4, 0.5) is 0 Å². The molecule has 0 bridgehead atoms. The van der Waals surface area contributed by atoms with Crippen molar-refractivity contribution in [1.82, 2.24) is 5.32 Å². The van der Waals surface area contributed by atoms with Crippen LogP contribution in [0, 0.1) is 20.8 Å². The van der Waals surface area contributed by atoms with Crippen LogP contribution in [-0.4, -0.2) is 18.7 Å². The first kappa shape index (κ1) is 12.4. The van der Waals surface area contributed by atoms with E-state index in [2.05, 4.69) is 45.1 Å². The fraction of sp³-hybridized carbons (Fsp3) is 0.600. The van der Waals surface area contributed by atoms with Gasteiger partial charge in [0.15, 0.2) is 0 Å². The molecule has 1 aromatic carbocycles. The fourth-order valence-corrected chi connectivity index (χ4v) is 2.00. The van der Waals surface area contributed by atoms with Gasteiger partial charge in [-0.25, -0.2) is 0 Å². The van der Waals surface area contributed by atoms with Crippen LogP contribution in [0.25, 0.3) is 0 Å². The van der Waals surface area contributed by atoms with Gasteiger partial charge in [-0.15, -0.1) is 0 Å². The van der Waals surface area contributed by atoms with Crippen molar-refractivity contribution < 1.29 is 4.74 Å². The van der Waals surface area contributed by atoms with Crippen LogP contribution in [-0.2, 0) is 0 Å². The molecule has 1 aliphatic rings. The molecule has 0 spiro atoms. The Morgan fingerprint density at radius 1 is 1.29 bits per heavy atom. The van der Waals surface area contributed by atoms with E-state index in [9.17, 15) is 0 Å². The minimum atomic E-state index is 0.232. The quantitative estimate of drug-likeness (QED) is 0.843. The minimum absolute atomic E-state index is 0.232. The second kappa shape index (κ2) is 5.09. The van der Waals surface area contributed by atoms with Gasteiger partial charge < -0.3 is 10.1 Å². The van der Waals surface area contributed by atoms with Gasteiger partial charge in [0, 0.05) is 12.6 Å². The Labute approximate surface area is 104 Å². The number of hydrogen-bond donors (Lipinski definition) is 1. The fourth-order valence-electron chi connectivity index (χ4n) is 2.00. The first-order valence-electron chi connectivity index (χ1n) is 6.54. The first-order valence-corrected chi connectivity index (χ1v) is 6.54. The van der Waals surface area contributed by atoms with Gasteiger partial charge in [0.25, 0.3) is 0 Å². The third kappa shape index (κ3) is 3.47. The number of nitrogens with one attached hydrogen (secondary N) is 1. The van der Waals surface area contributed by atoms with Crippen LogP contribution in [0.5, 0.6) is 5.75 Å². The molecule has 2 rings (SSSR count). The molecule has 0 amide bonds. The van der Waals surface area contributed by atoms with Crippen LogP contribution in [0.15, 0.2) is 12.1 Å². The smallest absolute Gasteiger partial charge is 0.123 e. The van der Waals surface area contributed by atoms with Gasteiger partial charge in [0.1, 0.15) is 11.9 Å². The third-order valence-corrected chi connectivity index (χ3v) is 3.36. The van der Waals surface area contributed by atoms with Crippen molar-refractivity contribution in [2.24, 2.45) is 0 Å². The van der Waals surface area contributed by atoms with Crippen LogP contribution in [0.2, 0.25) is 0 Å². The number of ether oxygens (including phenoxy) is 1. The van der Waals surface area contributed by atoms with Crippen molar-refractivity contribution in [3.63, 3.8) is 0 Å². The van der Waals surface area contributed by atoms with Crippen molar-refractivity contribution in [2.75, 3.05) is 6.54 Å². The number of rotatable bonds is 5. The van der Waals surface area contributed by atoms with Crippen molar-refractivity contribution in [2.45, 2.75) is 52.7 Å². The van der Waals surface area contributed by atoms with E-state index in [-0.39, 0.29) is 6.10 Å². The maximum absolute atomic E-state index is 6.02. The molecule has 1 atom stereocenters. The molecule has 1 fully saturated rings. The van der Waals surface area contributed by atoms with E-state index >= 15 is 0 Å². The van der Waals surface area contributed by atoms with E-state index in [1.165, 1.54) is 29.5 Å². The summed E-state index contributed by atoms with van der Waals surface area (Å²) in [5, 5.41) is 3.50. The zero-order valence-electron chi connectivity index (χ0n) is 11.3. The van der Waals surface area contributed by atoms with Gasteiger partial charge in [-0.3, -0.25) is 0 Å². The lowest BCUT2D eigenvalue weighted by Crippen LogP contribution is -2.30. The molecule has 2 nitrogen and oxygen atoms in total. The monoisotopic (exact) mass is 233 g/mol. The van der Waals surface area contributed by atoms with Crippen molar-refractivity contribution in [1.29, 1.82) is 0 Å². The van der Waals surface area contributed by atoms with E-state index in [0.717, 1.165) is 18.3 Å². The summed E-state index contributed by atoms with van der Waals surface area (Å²) >= 11 is 0. The summed E-state index contributed by atoms with van der Waals surface area (Å²) in [6, 6.07) is 5.09. The average Bonchev–Trinajstić information content (AvgIpc) is 3.06. The maximum Gasteiger partial charge on any atom is 0.123 e. The molecule has 1 aliphatic carbocycles. The molecule has 0 aromatic heterocycles. The summed E-state index contributed by atoms with van der Waals surface area (Å²) < 4.78 is 6.02. The van der Waals surface area contributed by atoms with Gasteiger partial charge >= 0.3 is 0 Å². The predicted octanol–water partition coefficient (Wildman–Crippen LogP) is 3.13. The lowest BCUT2D eigenvalue weighted by atomic mass is 10.1. The number of aryl methyl sites for hydroxylation is 2. The highest BCUT2D eigenvalue weighted by atomic mass is 16.5. The first-order chi connectivity index (χ1) is 8.06. The van der Waals surface area contributed by atoms with Gasteiger partial charge in [0.05, 0.1) is 0 Å². The van der Waals surface area contributed by atoms with E-state index in [4.69, 9.17) is 4.74 Å². The third-order valence-electron chi connectivity index (χ3n) is 3.36. The largest absolute Gasteiger partial charge is 0.489 e. The highest BCUT2D eigenvalue weighted by molar-refractivity contribution is 5.42. The predicted molar refractivity (Wildman–Crippen MR) is 71.8 cm³/mol. The molecule has 0 heterocycles. The van der Waals surface area contributed by atoms with E-state index in [0.29, 0.717) is 0 Å². The van der Waals surface area contributed by atoms with Crippen molar-refractivity contribution in [3.05, 3.63) is 28.8 Å². The van der Waals surface area contributed by atoms with Crippen LogP contribution >= 0.6 is 0 Å². The van der Waals surface area contributed by atoms with Crippen LogP contribution in [0.3, 0.4) is 0 Å². The summed E-state index contributed by atoms with van der Waals surface area (Å²) in [7, 11) is 0. The molecule has 1 aromatic rings. The van der Waals surface area contributed by atoms with Crippen LogP contribution < -0.4 is 10.1 Å². The summed E-state index contributed by atoms with van der Waals surface area (Å²) in [5.41, 5.74) is 3.83. The normalized spacial score (nSPS) is 16.9. The standard InChI is InChI=1S/C15H23NO/c1-10-7-11(2)13(4)15(8-10)17-12(3)9-16-14-5-6-14/h7-8,12,14,16H,5-6,9H2,1-4H3. The summed E-state index contributed by atoms with van der Waals surface area (Å²) in [4.78, 5) is 0. The summed E-state index contributed by atoms with van der Waals surface area (Å²) in [5.74, 6) is 1.03. The topological polar surface area (TPSA) is 21.3 Å². The molecule has 1 saturated carbocycles. The molecule has 94 valence electrons. The number of benzene rings is 1. The van der Waals surface area contributed by atoms with E-state index in [1.807, 2.05) is 0 Å². The second-order valence-electron chi connectivity index (χ2n) is 5.32. The molecule has 0 saturated heterocycles. The molecular weight excluding hydrogens is 210 g/mol. The Morgan fingerprint density at radius 3 is 2.65 bits per heavy atom. The average molecular weight is 233 g/mol. The van der Waals surface area contributed by atoms with Gasteiger partial charge in [-0.1, -0.05) is 6.07 Å². The number of hydrogen-bond acceptors (Lipinski definition) is 2. The molecule has 2 heteroatoms. The van der Waals surface area contributed by atoms with Crippen molar-refractivity contribution in [3.8, 4) is 5.75 Å². The lowest BCUT2D eigenvalue weighted by molar-refractivity contribution is 0.215. The Balaban J connectivity index is 1.96.